The molecule has 0 unspecified atom stereocenters. The zero-order valence-electron chi connectivity index (χ0n) is 9.59. The maximum Gasteiger partial charge on any atom is 0.207 e. The van der Waals surface area contributed by atoms with Crippen LogP contribution in [0.25, 0.3) is 11.2 Å². The van der Waals surface area contributed by atoms with Crippen molar-refractivity contribution < 1.29 is 20.1 Å². The summed E-state index contributed by atoms with van der Waals surface area (Å²) in [7, 11) is 0. The van der Waals surface area contributed by atoms with Gasteiger partial charge in [-0.15, -0.1) is 0 Å². The Bertz CT molecular complexity index is 606. The van der Waals surface area contributed by atoms with Gasteiger partial charge >= 0.3 is 0 Å². The minimum atomic E-state index is -1.23. The Morgan fingerprint density at radius 1 is 1.37 bits per heavy atom. The first-order valence-electron chi connectivity index (χ1n) is 5.59. The van der Waals surface area contributed by atoms with Crippen molar-refractivity contribution in [3.8, 4) is 0 Å². The number of aliphatic hydroxyl groups excluding tert-OH is 3. The summed E-state index contributed by atoms with van der Waals surface area (Å²) in [6.07, 6.45) is -1.48. The Hall–Kier alpha value is -1.32. The van der Waals surface area contributed by atoms with E-state index in [0.717, 1.165) is 0 Å². The van der Waals surface area contributed by atoms with E-state index in [1.807, 2.05) is 0 Å². The van der Waals surface area contributed by atoms with Crippen molar-refractivity contribution in [3.05, 3.63) is 17.8 Å². The van der Waals surface area contributed by atoms with Gasteiger partial charge in [0.25, 0.3) is 0 Å². The van der Waals surface area contributed by atoms with Crippen molar-refractivity contribution >= 4 is 22.8 Å². The fraction of sp³-hybridized carbons (Fsp3) is 0.500. The van der Waals surface area contributed by atoms with Crippen LogP contribution in [0.4, 0.5) is 0 Å². The van der Waals surface area contributed by atoms with Crippen molar-refractivity contribution in [2.45, 2.75) is 24.5 Å². The SMILES string of the molecule is OC[C@H]1O[C@@H](n2c(Cl)nc3cncnc32)[C@@H](O)[C@@H]1O. The lowest BCUT2D eigenvalue weighted by molar-refractivity contribution is -0.0509. The number of nitrogens with zero attached hydrogens (tertiary/aromatic N) is 4. The van der Waals surface area contributed by atoms with Crippen molar-refractivity contribution in [1.82, 2.24) is 19.5 Å². The average molecular weight is 287 g/mol. The maximum absolute atomic E-state index is 9.98. The highest BCUT2D eigenvalue weighted by atomic mass is 35.5. The van der Waals surface area contributed by atoms with Gasteiger partial charge in [0.2, 0.25) is 5.28 Å². The molecule has 0 amide bonds. The average Bonchev–Trinajstić information content (AvgIpc) is 2.88. The molecule has 0 spiro atoms. The maximum atomic E-state index is 9.98. The van der Waals surface area contributed by atoms with E-state index in [1.165, 1.54) is 17.1 Å². The molecule has 0 aliphatic carbocycles. The van der Waals surface area contributed by atoms with Gasteiger partial charge in [0.15, 0.2) is 11.9 Å². The quantitative estimate of drug-likeness (QED) is 0.613. The fourth-order valence-electron chi connectivity index (χ4n) is 2.14. The first-order valence-corrected chi connectivity index (χ1v) is 5.97. The summed E-state index contributed by atoms with van der Waals surface area (Å²) in [5, 5.41) is 28.9. The zero-order valence-corrected chi connectivity index (χ0v) is 10.3. The molecule has 2 aromatic rings. The first-order chi connectivity index (χ1) is 9.13. The summed E-state index contributed by atoms with van der Waals surface area (Å²) in [6, 6.07) is 0. The Morgan fingerprint density at radius 3 is 2.84 bits per heavy atom. The molecule has 3 rings (SSSR count). The fourth-order valence-corrected chi connectivity index (χ4v) is 2.41. The Morgan fingerprint density at radius 2 is 2.16 bits per heavy atom. The highest BCUT2D eigenvalue weighted by Crippen LogP contribution is 2.33. The summed E-state index contributed by atoms with van der Waals surface area (Å²) < 4.78 is 6.76. The molecule has 0 saturated carbocycles. The standard InChI is InChI=1S/C10H11ClN4O4/c11-10-14-4-1-12-3-13-8(4)15(10)9-7(18)6(17)5(2-16)19-9/h1,3,5-7,9,16-18H,2H2/t5-,6-,7+,9-/m1/s1. The highest BCUT2D eigenvalue weighted by Gasteiger charge is 2.44. The normalized spacial score (nSPS) is 31.2. The van der Waals surface area contributed by atoms with Crippen LogP contribution in [-0.2, 0) is 4.74 Å². The Kier molecular flexibility index (Phi) is 3.11. The topological polar surface area (TPSA) is 114 Å². The van der Waals surface area contributed by atoms with Crippen molar-refractivity contribution in [2.24, 2.45) is 0 Å². The number of aromatic nitrogens is 4. The molecule has 1 aliphatic rings. The van der Waals surface area contributed by atoms with Gasteiger partial charge in [0.1, 0.15) is 30.2 Å². The second-order valence-corrected chi connectivity index (χ2v) is 4.55. The lowest BCUT2D eigenvalue weighted by Gasteiger charge is -2.17. The third-order valence-electron chi connectivity index (χ3n) is 3.08. The predicted octanol–water partition coefficient (Wildman–Crippen LogP) is -0.909. The zero-order chi connectivity index (χ0) is 13.6. The van der Waals surface area contributed by atoms with Crippen LogP contribution in [0.2, 0.25) is 5.28 Å². The first kappa shape index (κ1) is 12.7. The number of hydrogen-bond acceptors (Lipinski definition) is 7. The summed E-state index contributed by atoms with van der Waals surface area (Å²) in [5.74, 6) is 0. The monoisotopic (exact) mass is 286 g/mol. The van der Waals surface area contributed by atoms with Gasteiger partial charge < -0.3 is 20.1 Å². The number of imidazole rings is 1. The molecule has 1 aliphatic heterocycles. The van der Waals surface area contributed by atoms with Crippen LogP contribution in [0.3, 0.4) is 0 Å². The second kappa shape index (κ2) is 4.66. The molecule has 3 N–H and O–H groups in total. The number of fused-ring (bicyclic) bond motifs is 1. The van der Waals surface area contributed by atoms with Crippen LogP contribution in [0, 0.1) is 0 Å². The largest absolute Gasteiger partial charge is 0.394 e. The summed E-state index contributed by atoms with van der Waals surface area (Å²) in [4.78, 5) is 11.9. The van der Waals surface area contributed by atoms with Gasteiger partial charge in [-0.3, -0.25) is 4.57 Å². The Labute approximate surface area is 112 Å². The van der Waals surface area contributed by atoms with Gasteiger partial charge in [-0.1, -0.05) is 0 Å². The van der Waals surface area contributed by atoms with Crippen molar-refractivity contribution in [1.29, 1.82) is 0 Å². The minimum absolute atomic E-state index is 0.0605. The van der Waals surface area contributed by atoms with Gasteiger partial charge in [-0.25, -0.2) is 15.0 Å². The molecule has 8 nitrogen and oxygen atoms in total. The van der Waals surface area contributed by atoms with Crippen LogP contribution in [0.5, 0.6) is 0 Å². The molecule has 1 fully saturated rings. The molecule has 2 aromatic heterocycles. The number of ether oxygens (including phenoxy) is 1. The van der Waals surface area contributed by atoms with Crippen LogP contribution in [0.15, 0.2) is 12.5 Å². The van der Waals surface area contributed by atoms with Gasteiger partial charge in [-0.05, 0) is 11.6 Å². The lowest BCUT2D eigenvalue weighted by Crippen LogP contribution is -2.33. The molecular formula is C10H11ClN4O4. The number of halogens is 1. The van der Waals surface area contributed by atoms with Crippen molar-refractivity contribution in [3.63, 3.8) is 0 Å². The number of hydrogen-bond donors (Lipinski definition) is 3. The second-order valence-electron chi connectivity index (χ2n) is 4.21. The number of rotatable bonds is 2. The molecule has 9 heteroatoms. The van der Waals surface area contributed by atoms with E-state index < -0.39 is 31.1 Å². The number of aliphatic hydroxyl groups is 3. The third-order valence-corrected chi connectivity index (χ3v) is 3.35. The summed E-state index contributed by atoms with van der Waals surface area (Å²) >= 11 is 6.00. The highest BCUT2D eigenvalue weighted by molar-refractivity contribution is 6.29. The van der Waals surface area contributed by atoms with Gasteiger partial charge in [0, 0.05) is 0 Å². The van der Waals surface area contributed by atoms with Crippen molar-refractivity contribution in [2.75, 3.05) is 6.61 Å². The van der Waals surface area contributed by atoms with E-state index >= 15 is 0 Å². The molecule has 0 radical (unpaired) electrons. The Balaban J connectivity index is 2.07. The van der Waals surface area contributed by atoms with E-state index in [0.29, 0.717) is 11.2 Å². The molecule has 102 valence electrons. The van der Waals surface area contributed by atoms with Crippen LogP contribution in [0.1, 0.15) is 6.23 Å². The molecular weight excluding hydrogens is 276 g/mol. The van der Waals surface area contributed by atoms with Gasteiger partial charge in [0.05, 0.1) is 12.8 Å². The van der Waals surface area contributed by atoms with E-state index in [2.05, 4.69) is 15.0 Å². The predicted molar refractivity (Wildman–Crippen MR) is 63.3 cm³/mol. The van der Waals surface area contributed by atoms with E-state index in [-0.39, 0.29) is 5.28 Å². The van der Waals surface area contributed by atoms with Crippen LogP contribution < -0.4 is 0 Å². The smallest absolute Gasteiger partial charge is 0.207 e. The molecule has 19 heavy (non-hydrogen) atoms. The molecule has 1 saturated heterocycles. The molecule has 3 heterocycles. The molecule has 4 atom stereocenters. The van der Waals surface area contributed by atoms with E-state index in [4.69, 9.17) is 21.4 Å². The van der Waals surface area contributed by atoms with E-state index in [1.54, 1.807) is 0 Å². The van der Waals surface area contributed by atoms with Gasteiger partial charge in [-0.2, -0.15) is 0 Å². The van der Waals surface area contributed by atoms with E-state index in [9.17, 15) is 10.2 Å². The minimum Gasteiger partial charge on any atom is -0.394 e. The van der Waals surface area contributed by atoms with Crippen LogP contribution in [-0.4, -0.2) is 59.8 Å². The lowest BCUT2D eigenvalue weighted by atomic mass is 10.1. The molecule has 0 aromatic carbocycles. The summed E-state index contributed by atoms with van der Waals surface area (Å²) in [6.45, 7) is -0.409. The summed E-state index contributed by atoms with van der Waals surface area (Å²) in [5.41, 5.74) is 0.833. The third kappa shape index (κ3) is 1.88. The van der Waals surface area contributed by atoms with Crippen LogP contribution >= 0.6 is 11.6 Å². The molecule has 0 bridgehead atoms.